The molecule has 2 heterocycles. The summed E-state index contributed by atoms with van der Waals surface area (Å²) in [4.78, 5) is 11.7. The van der Waals surface area contributed by atoms with Crippen molar-refractivity contribution in [3.05, 3.63) is 11.7 Å². The molecule has 0 unspecified atom stereocenters. The first-order chi connectivity index (χ1) is 13.1. The van der Waals surface area contributed by atoms with Crippen LogP contribution in [-0.4, -0.2) is 60.3 Å². The van der Waals surface area contributed by atoms with Gasteiger partial charge in [-0.1, -0.05) is 25.9 Å². The molecule has 0 aromatic carbocycles. The Hall–Kier alpha value is -1.63. The van der Waals surface area contributed by atoms with E-state index in [1.807, 2.05) is 0 Å². The zero-order valence-electron chi connectivity index (χ0n) is 17.6. The maximum Gasteiger partial charge on any atom is 0.226 e. The highest BCUT2D eigenvalue weighted by atomic mass is 16.5. The predicted octanol–water partition coefficient (Wildman–Crippen LogP) is 2.80. The van der Waals surface area contributed by atoms with E-state index >= 15 is 0 Å². The lowest BCUT2D eigenvalue weighted by Gasteiger charge is -2.30. The van der Waals surface area contributed by atoms with E-state index in [1.165, 1.54) is 32.5 Å². The van der Waals surface area contributed by atoms with Crippen LogP contribution in [0.25, 0.3) is 0 Å². The van der Waals surface area contributed by atoms with Crippen molar-refractivity contribution in [2.24, 2.45) is 10.9 Å². The maximum atomic E-state index is 5.28. The van der Waals surface area contributed by atoms with Crippen molar-refractivity contribution in [1.82, 2.24) is 25.7 Å². The third-order valence-corrected chi connectivity index (χ3v) is 4.98. The summed E-state index contributed by atoms with van der Waals surface area (Å²) in [5.74, 6) is 3.60. The average Bonchev–Trinajstić information content (AvgIpc) is 3.13. The van der Waals surface area contributed by atoms with Crippen molar-refractivity contribution in [3.8, 4) is 0 Å². The van der Waals surface area contributed by atoms with Gasteiger partial charge in [-0.2, -0.15) is 4.98 Å². The van der Waals surface area contributed by atoms with E-state index in [1.54, 1.807) is 0 Å². The Morgan fingerprint density at radius 3 is 2.70 bits per heavy atom. The topological polar surface area (TPSA) is 78.6 Å². The smallest absolute Gasteiger partial charge is 0.226 e. The van der Waals surface area contributed by atoms with E-state index in [0.717, 1.165) is 56.6 Å². The van der Waals surface area contributed by atoms with Crippen LogP contribution < -0.4 is 10.6 Å². The summed E-state index contributed by atoms with van der Waals surface area (Å²) in [6.07, 6.45) is 5.52. The Labute approximate surface area is 164 Å². The van der Waals surface area contributed by atoms with Gasteiger partial charge in [-0.05, 0) is 58.2 Å². The number of hydrogen-bond donors (Lipinski definition) is 2. The fourth-order valence-electron chi connectivity index (χ4n) is 3.16. The highest BCUT2D eigenvalue weighted by molar-refractivity contribution is 5.79. The molecule has 1 aliphatic heterocycles. The van der Waals surface area contributed by atoms with Gasteiger partial charge in [-0.15, -0.1) is 0 Å². The molecule has 0 spiro atoms. The molecule has 0 bridgehead atoms. The van der Waals surface area contributed by atoms with Crippen LogP contribution >= 0.6 is 0 Å². The third-order valence-electron chi connectivity index (χ3n) is 4.98. The van der Waals surface area contributed by atoms with Crippen LogP contribution in [0.1, 0.15) is 71.0 Å². The summed E-state index contributed by atoms with van der Waals surface area (Å²) in [5.41, 5.74) is 0. The molecule has 1 aliphatic rings. The summed E-state index contributed by atoms with van der Waals surface area (Å²) in [6, 6.07) is 0. The van der Waals surface area contributed by atoms with Crippen LogP contribution in [0.15, 0.2) is 9.52 Å². The minimum Gasteiger partial charge on any atom is -0.357 e. The minimum absolute atomic E-state index is 0.304. The van der Waals surface area contributed by atoms with Crippen LogP contribution in [0.3, 0.4) is 0 Å². The number of nitrogens with zero attached hydrogens (tertiary/aromatic N) is 4. The van der Waals surface area contributed by atoms with Crippen molar-refractivity contribution in [3.63, 3.8) is 0 Å². The van der Waals surface area contributed by atoms with Gasteiger partial charge in [-0.25, -0.2) is 0 Å². The average molecular weight is 379 g/mol. The molecule has 2 rings (SSSR count). The number of guanidine groups is 1. The molecule has 1 aromatic rings. The number of rotatable bonds is 10. The Morgan fingerprint density at radius 1 is 1.26 bits per heavy atom. The Morgan fingerprint density at radius 2 is 2.04 bits per heavy atom. The fourth-order valence-corrected chi connectivity index (χ4v) is 3.16. The summed E-state index contributed by atoms with van der Waals surface area (Å²) < 4.78 is 5.28. The van der Waals surface area contributed by atoms with E-state index in [-0.39, 0.29) is 0 Å². The molecule has 0 aliphatic carbocycles. The molecular formula is C20H38N6O. The van der Waals surface area contributed by atoms with Gasteiger partial charge in [0.25, 0.3) is 0 Å². The number of piperidine rings is 1. The second kappa shape index (κ2) is 12.0. The Bertz CT molecular complexity index is 548. The molecule has 1 saturated heterocycles. The SMILES string of the molecule is CCNC(=NCCCc1nc(C(C)C)no1)NCCCN1CCC(C)CC1. The first-order valence-corrected chi connectivity index (χ1v) is 10.7. The molecule has 2 N–H and O–H groups in total. The molecule has 27 heavy (non-hydrogen) atoms. The molecule has 7 heteroatoms. The molecular weight excluding hydrogens is 340 g/mol. The van der Waals surface area contributed by atoms with Crippen molar-refractivity contribution in [1.29, 1.82) is 0 Å². The summed E-state index contributed by atoms with van der Waals surface area (Å²) in [6.45, 7) is 14.9. The summed E-state index contributed by atoms with van der Waals surface area (Å²) >= 11 is 0. The highest BCUT2D eigenvalue weighted by Crippen LogP contribution is 2.15. The lowest BCUT2D eigenvalue weighted by molar-refractivity contribution is 0.191. The fraction of sp³-hybridized carbons (Fsp3) is 0.850. The van der Waals surface area contributed by atoms with Gasteiger partial charge in [-0.3, -0.25) is 4.99 Å². The molecule has 0 radical (unpaired) electrons. The number of aryl methyl sites for hydroxylation is 1. The molecule has 0 amide bonds. The van der Waals surface area contributed by atoms with Gasteiger partial charge in [0, 0.05) is 32.0 Å². The highest BCUT2D eigenvalue weighted by Gasteiger charge is 2.14. The minimum atomic E-state index is 0.304. The zero-order chi connectivity index (χ0) is 19.5. The molecule has 7 nitrogen and oxygen atoms in total. The molecule has 154 valence electrons. The van der Waals surface area contributed by atoms with Crippen LogP contribution in [0.4, 0.5) is 0 Å². The summed E-state index contributed by atoms with van der Waals surface area (Å²) in [7, 11) is 0. The quantitative estimate of drug-likeness (QED) is 0.370. The number of likely N-dealkylation sites (tertiary alicyclic amines) is 1. The molecule has 0 saturated carbocycles. The van der Waals surface area contributed by atoms with Crippen LogP contribution in [-0.2, 0) is 6.42 Å². The van der Waals surface area contributed by atoms with E-state index in [2.05, 4.69) is 58.4 Å². The van der Waals surface area contributed by atoms with Gasteiger partial charge >= 0.3 is 0 Å². The zero-order valence-corrected chi connectivity index (χ0v) is 17.6. The van der Waals surface area contributed by atoms with E-state index in [4.69, 9.17) is 4.52 Å². The van der Waals surface area contributed by atoms with Crippen molar-refractivity contribution in [2.75, 3.05) is 39.3 Å². The van der Waals surface area contributed by atoms with E-state index < -0.39 is 0 Å². The molecule has 1 fully saturated rings. The molecule has 0 atom stereocenters. The maximum absolute atomic E-state index is 5.28. The lowest BCUT2D eigenvalue weighted by Crippen LogP contribution is -2.39. The van der Waals surface area contributed by atoms with Gasteiger partial charge in [0.1, 0.15) is 0 Å². The van der Waals surface area contributed by atoms with Crippen LogP contribution in [0.5, 0.6) is 0 Å². The van der Waals surface area contributed by atoms with Gasteiger partial charge < -0.3 is 20.1 Å². The Balaban J connectivity index is 1.62. The predicted molar refractivity (Wildman–Crippen MR) is 110 cm³/mol. The third kappa shape index (κ3) is 8.28. The lowest BCUT2D eigenvalue weighted by atomic mass is 9.99. The second-order valence-electron chi connectivity index (χ2n) is 7.87. The van der Waals surface area contributed by atoms with E-state index in [9.17, 15) is 0 Å². The standard InChI is InChI=1S/C20H38N6O/c1-5-21-20(23-12-7-13-26-14-9-17(4)10-15-26)22-11-6-8-18-24-19(16(2)3)25-27-18/h16-17H,5-15H2,1-4H3,(H2,21,22,23). The second-order valence-corrected chi connectivity index (χ2v) is 7.87. The van der Waals surface area contributed by atoms with Gasteiger partial charge in [0.05, 0.1) is 0 Å². The largest absolute Gasteiger partial charge is 0.357 e. The first-order valence-electron chi connectivity index (χ1n) is 10.7. The molecule has 1 aromatic heterocycles. The van der Waals surface area contributed by atoms with Crippen LogP contribution in [0, 0.1) is 5.92 Å². The number of hydrogen-bond acceptors (Lipinski definition) is 5. The number of aromatic nitrogens is 2. The number of aliphatic imine (C=N–C) groups is 1. The van der Waals surface area contributed by atoms with Crippen molar-refractivity contribution < 1.29 is 4.52 Å². The van der Waals surface area contributed by atoms with Crippen LogP contribution in [0.2, 0.25) is 0 Å². The van der Waals surface area contributed by atoms with Gasteiger partial charge in [0.2, 0.25) is 5.89 Å². The number of nitrogens with one attached hydrogen (secondary N) is 2. The van der Waals surface area contributed by atoms with Gasteiger partial charge in [0.15, 0.2) is 11.8 Å². The van der Waals surface area contributed by atoms with Crippen molar-refractivity contribution in [2.45, 2.75) is 65.7 Å². The first kappa shape index (κ1) is 21.7. The normalized spacial score (nSPS) is 16.9. The van der Waals surface area contributed by atoms with E-state index in [0.29, 0.717) is 11.8 Å². The van der Waals surface area contributed by atoms with Crippen molar-refractivity contribution >= 4 is 5.96 Å². The monoisotopic (exact) mass is 378 g/mol. The Kier molecular flexibility index (Phi) is 9.59. The summed E-state index contributed by atoms with van der Waals surface area (Å²) in [5, 5.41) is 10.8.